The second-order valence-corrected chi connectivity index (χ2v) is 4.73. The molecular formula is C12H26N2O2. The van der Waals surface area contributed by atoms with Crippen LogP contribution in [0.3, 0.4) is 0 Å². The number of rotatable bonds is 8. The zero-order valence-corrected chi connectivity index (χ0v) is 11.0. The highest BCUT2D eigenvalue weighted by Gasteiger charge is 2.21. The molecule has 0 aromatic rings. The summed E-state index contributed by atoms with van der Waals surface area (Å²) in [6.45, 7) is 9.45. The van der Waals surface area contributed by atoms with Gasteiger partial charge in [-0.3, -0.25) is 4.79 Å². The highest BCUT2D eigenvalue weighted by molar-refractivity contribution is 5.77. The number of aliphatic hydroxyl groups is 1. The fourth-order valence-electron chi connectivity index (χ4n) is 1.29. The van der Waals surface area contributed by atoms with E-state index in [1.165, 1.54) is 0 Å². The molecule has 0 aromatic carbocycles. The minimum Gasteiger partial charge on any atom is -0.389 e. The van der Waals surface area contributed by atoms with Crippen LogP contribution in [0.15, 0.2) is 0 Å². The summed E-state index contributed by atoms with van der Waals surface area (Å²) in [5.41, 5.74) is -0.682. The van der Waals surface area contributed by atoms with Crippen LogP contribution in [0.5, 0.6) is 0 Å². The van der Waals surface area contributed by atoms with E-state index in [2.05, 4.69) is 24.5 Å². The molecule has 96 valence electrons. The summed E-state index contributed by atoms with van der Waals surface area (Å²) in [5, 5.41) is 15.8. The van der Waals surface area contributed by atoms with Crippen molar-refractivity contribution in [1.29, 1.82) is 0 Å². The number of hydrogen-bond donors (Lipinski definition) is 3. The summed E-state index contributed by atoms with van der Waals surface area (Å²) in [4.78, 5) is 11.4. The lowest BCUT2D eigenvalue weighted by molar-refractivity contribution is -0.120. The van der Waals surface area contributed by atoms with Gasteiger partial charge in [-0.25, -0.2) is 0 Å². The molecule has 16 heavy (non-hydrogen) atoms. The minimum atomic E-state index is -0.682. The van der Waals surface area contributed by atoms with E-state index in [-0.39, 0.29) is 12.5 Å². The molecule has 4 nitrogen and oxygen atoms in total. The first kappa shape index (κ1) is 15.4. The zero-order chi connectivity index (χ0) is 12.6. The Morgan fingerprint density at radius 1 is 1.31 bits per heavy atom. The first-order valence-electron chi connectivity index (χ1n) is 6.13. The van der Waals surface area contributed by atoms with E-state index < -0.39 is 5.60 Å². The Labute approximate surface area is 98.8 Å². The average molecular weight is 230 g/mol. The van der Waals surface area contributed by atoms with Crippen molar-refractivity contribution in [3.63, 3.8) is 0 Å². The van der Waals surface area contributed by atoms with Crippen LogP contribution >= 0.6 is 0 Å². The lowest BCUT2D eigenvalue weighted by Gasteiger charge is -2.25. The number of nitrogens with one attached hydrogen (secondary N) is 2. The van der Waals surface area contributed by atoms with E-state index in [0.717, 1.165) is 0 Å². The highest BCUT2D eigenvalue weighted by atomic mass is 16.3. The quantitative estimate of drug-likeness (QED) is 0.580. The van der Waals surface area contributed by atoms with Gasteiger partial charge in [0.15, 0.2) is 0 Å². The maximum atomic E-state index is 11.4. The number of carbonyl (C=O) groups excluding carboxylic acids is 1. The molecule has 0 aromatic heterocycles. The molecule has 3 N–H and O–H groups in total. The largest absolute Gasteiger partial charge is 0.389 e. The van der Waals surface area contributed by atoms with E-state index in [4.69, 9.17) is 0 Å². The molecule has 0 atom stereocenters. The minimum absolute atomic E-state index is 0.0109. The lowest BCUT2D eigenvalue weighted by Crippen LogP contribution is -2.44. The molecule has 1 amide bonds. The summed E-state index contributed by atoms with van der Waals surface area (Å²) < 4.78 is 0. The van der Waals surface area contributed by atoms with Crippen LogP contribution in [0.4, 0.5) is 0 Å². The number of hydrogen-bond acceptors (Lipinski definition) is 3. The Kier molecular flexibility index (Phi) is 7.34. The maximum absolute atomic E-state index is 11.4. The van der Waals surface area contributed by atoms with Crippen molar-refractivity contribution >= 4 is 5.91 Å². The van der Waals surface area contributed by atoms with Crippen molar-refractivity contribution in [3.05, 3.63) is 0 Å². The number of carbonyl (C=O) groups is 1. The van der Waals surface area contributed by atoms with Crippen molar-refractivity contribution < 1.29 is 9.90 Å². The fraction of sp³-hybridized carbons (Fsp3) is 0.917. The summed E-state index contributed by atoms with van der Waals surface area (Å²) in [6.07, 6.45) is 1.40. The van der Waals surface area contributed by atoms with Crippen molar-refractivity contribution in [2.75, 3.05) is 19.6 Å². The van der Waals surface area contributed by atoms with E-state index >= 15 is 0 Å². The number of amides is 1. The molecule has 0 aliphatic carbocycles. The maximum Gasteiger partial charge on any atom is 0.233 e. The van der Waals surface area contributed by atoms with Crippen molar-refractivity contribution in [2.45, 2.75) is 46.1 Å². The molecule has 0 aliphatic rings. The Morgan fingerprint density at radius 2 is 1.88 bits per heavy atom. The van der Waals surface area contributed by atoms with E-state index in [9.17, 15) is 9.90 Å². The van der Waals surface area contributed by atoms with Crippen LogP contribution in [0, 0.1) is 5.92 Å². The molecule has 0 radical (unpaired) electrons. The smallest absolute Gasteiger partial charge is 0.233 e. The van der Waals surface area contributed by atoms with Crippen LogP contribution in [-0.2, 0) is 4.79 Å². The van der Waals surface area contributed by atoms with Crippen LogP contribution in [0.1, 0.15) is 40.5 Å². The monoisotopic (exact) mass is 230 g/mol. The van der Waals surface area contributed by atoms with Gasteiger partial charge in [0.25, 0.3) is 0 Å². The van der Waals surface area contributed by atoms with E-state index in [1.54, 1.807) is 0 Å². The van der Waals surface area contributed by atoms with Gasteiger partial charge >= 0.3 is 0 Å². The van der Waals surface area contributed by atoms with Crippen LogP contribution in [-0.4, -0.2) is 36.2 Å². The van der Waals surface area contributed by atoms with E-state index in [0.29, 0.717) is 31.8 Å². The Hall–Kier alpha value is -0.610. The predicted molar refractivity (Wildman–Crippen MR) is 66.2 cm³/mol. The third-order valence-corrected chi connectivity index (χ3v) is 2.76. The third kappa shape index (κ3) is 6.80. The summed E-state index contributed by atoms with van der Waals surface area (Å²) in [6, 6.07) is 0. The fourth-order valence-corrected chi connectivity index (χ4v) is 1.29. The van der Waals surface area contributed by atoms with Gasteiger partial charge in [0.05, 0.1) is 12.1 Å². The van der Waals surface area contributed by atoms with Gasteiger partial charge in [0, 0.05) is 13.1 Å². The van der Waals surface area contributed by atoms with Crippen LogP contribution in [0.25, 0.3) is 0 Å². The van der Waals surface area contributed by atoms with Gasteiger partial charge in [-0.05, 0) is 18.8 Å². The molecular weight excluding hydrogens is 204 g/mol. The van der Waals surface area contributed by atoms with Gasteiger partial charge in [0.2, 0.25) is 5.91 Å². The topological polar surface area (TPSA) is 61.4 Å². The molecule has 0 rings (SSSR count). The molecule has 0 aliphatic heterocycles. The summed E-state index contributed by atoms with van der Waals surface area (Å²) in [5.74, 6) is 0.454. The Balaban J connectivity index is 3.69. The molecule has 0 fully saturated rings. The van der Waals surface area contributed by atoms with Crippen molar-refractivity contribution in [2.24, 2.45) is 5.92 Å². The summed E-state index contributed by atoms with van der Waals surface area (Å²) >= 11 is 0. The van der Waals surface area contributed by atoms with Gasteiger partial charge < -0.3 is 15.7 Å². The standard InChI is InChI=1S/C12H26N2O2/c1-5-12(16,6-2)9-13-8-11(15)14-7-10(3)4/h10,13,16H,5-9H2,1-4H3,(H,14,15). The predicted octanol–water partition coefficient (Wildman–Crippen LogP) is 0.899. The second-order valence-electron chi connectivity index (χ2n) is 4.73. The van der Waals surface area contributed by atoms with Gasteiger partial charge in [0.1, 0.15) is 0 Å². The van der Waals surface area contributed by atoms with Crippen LogP contribution in [0.2, 0.25) is 0 Å². The third-order valence-electron chi connectivity index (χ3n) is 2.76. The Bertz CT molecular complexity index is 201. The van der Waals surface area contributed by atoms with Crippen LogP contribution < -0.4 is 10.6 Å². The first-order valence-corrected chi connectivity index (χ1v) is 6.13. The van der Waals surface area contributed by atoms with Gasteiger partial charge in [-0.2, -0.15) is 0 Å². The van der Waals surface area contributed by atoms with Crippen molar-refractivity contribution in [1.82, 2.24) is 10.6 Å². The van der Waals surface area contributed by atoms with E-state index in [1.807, 2.05) is 13.8 Å². The lowest BCUT2D eigenvalue weighted by atomic mass is 9.98. The normalized spacial score (nSPS) is 11.9. The molecule has 0 saturated carbocycles. The summed E-state index contributed by atoms with van der Waals surface area (Å²) in [7, 11) is 0. The molecule has 0 spiro atoms. The molecule has 0 bridgehead atoms. The molecule has 0 saturated heterocycles. The molecule has 0 heterocycles. The van der Waals surface area contributed by atoms with Gasteiger partial charge in [-0.15, -0.1) is 0 Å². The SMILES string of the molecule is CCC(O)(CC)CNCC(=O)NCC(C)C. The van der Waals surface area contributed by atoms with Crippen molar-refractivity contribution in [3.8, 4) is 0 Å². The van der Waals surface area contributed by atoms with Gasteiger partial charge in [-0.1, -0.05) is 27.7 Å². The first-order chi connectivity index (χ1) is 7.43. The highest BCUT2D eigenvalue weighted by Crippen LogP contribution is 2.12. The average Bonchev–Trinajstić information content (AvgIpc) is 2.26. The molecule has 0 unspecified atom stereocenters. The molecule has 4 heteroatoms. The second kappa shape index (κ2) is 7.63. The zero-order valence-electron chi connectivity index (χ0n) is 11.0. The Morgan fingerprint density at radius 3 is 2.31 bits per heavy atom.